The predicted molar refractivity (Wildman–Crippen MR) is 92.5 cm³/mol. The first kappa shape index (κ1) is 17.0. The highest BCUT2D eigenvalue weighted by molar-refractivity contribution is 6.39. The second-order valence-corrected chi connectivity index (χ2v) is 5.60. The van der Waals surface area contributed by atoms with Gasteiger partial charge in [-0.15, -0.1) is 0 Å². The molecule has 0 fully saturated rings. The predicted octanol–water partition coefficient (Wildman–Crippen LogP) is 3.42. The van der Waals surface area contributed by atoms with E-state index < -0.39 is 11.8 Å². The molecular formula is C18H19ClN2O2. The molecule has 2 amide bonds. The third-order valence-corrected chi connectivity index (χ3v) is 3.58. The van der Waals surface area contributed by atoms with Gasteiger partial charge in [0.1, 0.15) is 0 Å². The summed E-state index contributed by atoms with van der Waals surface area (Å²) in [6, 6.07) is 16.8. The van der Waals surface area contributed by atoms with Crippen LogP contribution in [0.4, 0.5) is 5.69 Å². The van der Waals surface area contributed by atoms with Gasteiger partial charge in [0.2, 0.25) is 0 Å². The Labute approximate surface area is 140 Å². The fourth-order valence-electron chi connectivity index (χ4n) is 2.10. The van der Waals surface area contributed by atoms with Gasteiger partial charge in [-0.1, -0.05) is 41.9 Å². The van der Waals surface area contributed by atoms with Crippen molar-refractivity contribution in [1.82, 2.24) is 5.32 Å². The van der Waals surface area contributed by atoms with Crippen molar-refractivity contribution >= 4 is 29.1 Å². The summed E-state index contributed by atoms with van der Waals surface area (Å²) in [6.45, 7) is 0.486. The summed E-state index contributed by atoms with van der Waals surface area (Å²) in [5.41, 5.74) is 1.82. The smallest absolute Gasteiger partial charge is 0.313 e. The number of halogens is 1. The molecule has 120 valence electrons. The molecule has 4 nitrogen and oxygen atoms in total. The Hall–Kier alpha value is -2.33. The standard InChI is InChI=1S/C18H19ClN2O2/c19-15-9-11-16(12-10-15)21-18(23)17(22)20-13-5-4-8-14-6-2-1-3-7-14/h1-3,6-7,9-12H,4-5,8,13H2,(H,20,22)(H,21,23). The van der Waals surface area contributed by atoms with Crippen molar-refractivity contribution in [3.63, 3.8) is 0 Å². The Morgan fingerprint density at radius 1 is 0.870 bits per heavy atom. The summed E-state index contributed by atoms with van der Waals surface area (Å²) in [5.74, 6) is -1.30. The molecule has 0 bridgehead atoms. The number of unbranched alkanes of at least 4 members (excludes halogenated alkanes) is 1. The van der Waals surface area contributed by atoms with E-state index in [0.29, 0.717) is 17.3 Å². The quantitative estimate of drug-likeness (QED) is 0.630. The molecule has 0 heterocycles. The molecule has 2 aromatic rings. The van der Waals surface area contributed by atoms with Crippen LogP contribution in [0.25, 0.3) is 0 Å². The van der Waals surface area contributed by atoms with Crippen molar-refractivity contribution in [3.8, 4) is 0 Å². The number of nitrogens with one attached hydrogen (secondary N) is 2. The lowest BCUT2D eigenvalue weighted by Gasteiger charge is -2.07. The molecule has 0 radical (unpaired) electrons. The molecule has 0 atom stereocenters. The number of carbonyl (C=O) groups excluding carboxylic acids is 2. The minimum atomic E-state index is -0.671. The number of amides is 2. The van der Waals surface area contributed by atoms with Gasteiger partial charge in [0.15, 0.2) is 0 Å². The maximum atomic E-state index is 11.7. The Morgan fingerprint density at radius 2 is 1.57 bits per heavy atom. The molecule has 0 unspecified atom stereocenters. The molecule has 0 saturated heterocycles. The third-order valence-electron chi connectivity index (χ3n) is 3.33. The first-order chi connectivity index (χ1) is 11.1. The highest BCUT2D eigenvalue weighted by atomic mass is 35.5. The molecule has 2 aromatic carbocycles. The van der Waals surface area contributed by atoms with Gasteiger partial charge in [-0.2, -0.15) is 0 Å². The zero-order valence-electron chi connectivity index (χ0n) is 12.7. The van der Waals surface area contributed by atoms with Crippen LogP contribution >= 0.6 is 11.6 Å². The van der Waals surface area contributed by atoms with Crippen molar-refractivity contribution in [1.29, 1.82) is 0 Å². The Balaban J connectivity index is 1.64. The number of aryl methyl sites for hydroxylation is 1. The zero-order chi connectivity index (χ0) is 16.5. The minimum absolute atomic E-state index is 0.486. The Kier molecular flexibility index (Phi) is 6.63. The fourth-order valence-corrected chi connectivity index (χ4v) is 2.23. The molecule has 0 aliphatic heterocycles. The van der Waals surface area contributed by atoms with E-state index in [4.69, 9.17) is 11.6 Å². The molecule has 23 heavy (non-hydrogen) atoms. The van der Waals surface area contributed by atoms with Crippen LogP contribution < -0.4 is 10.6 Å². The maximum Gasteiger partial charge on any atom is 0.313 e. The van der Waals surface area contributed by atoms with Crippen LogP contribution in [0.2, 0.25) is 5.02 Å². The van der Waals surface area contributed by atoms with Gasteiger partial charge in [-0.05, 0) is 49.1 Å². The fraction of sp³-hybridized carbons (Fsp3) is 0.222. The normalized spacial score (nSPS) is 10.1. The zero-order valence-corrected chi connectivity index (χ0v) is 13.5. The Bertz CT molecular complexity index is 642. The lowest BCUT2D eigenvalue weighted by molar-refractivity contribution is -0.136. The van der Waals surface area contributed by atoms with E-state index in [-0.39, 0.29) is 0 Å². The van der Waals surface area contributed by atoms with Gasteiger partial charge in [0.25, 0.3) is 0 Å². The van der Waals surface area contributed by atoms with Crippen molar-refractivity contribution in [2.45, 2.75) is 19.3 Å². The van der Waals surface area contributed by atoms with Gasteiger partial charge in [0.05, 0.1) is 0 Å². The number of benzene rings is 2. The third kappa shape index (κ3) is 6.12. The molecule has 0 aromatic heterocycles. The molecular weight excluding hydrogens is 312 g/mol. The van der Waals surface area contributed by atoms with Gasteiger partial charge in [-0.3, -0.25) is 9.59 Å². The van der Waals surface area contributed by atoms with Crippen molar-refractivity contribution < 1.29 is 9.59 Å². The lowest BCUT2D eigenvalue weighted by Crippen LogP contribution is -2.35. The number of hydrogen-bond donors (Lipinski definition) is 2. The van der Waals surface area contributed by atoms with Crippen molar-refractivity contribution in [2.75, 3.05) is 11.9 Å². The monoisotopic (exact) mass is 330 g/mol. The summed E-state index contributed by atoms with van der Waals surface area (Å²) >= 11 is 5.76. The topological polar surface area (TPSA) is 58.2 Å². The van der Waals surface area contributed by atoms with Crippen LogP contribution in [0.15, 0.2) is 54.6 Å². The van der Waals surface area contributed by atoms with Crippen LogP contribution in [0.5, 0.6) is 0 Å². The number of hydrogen-bond acceptors (Lipinski definition) is 2. The second kappa shape index (κ2) is 8.96. The van der Waals surface area contributed by atoms with E-state index in [2.05, 4.69) is 22.8 Å². The van der Waals surface area contributed by atoms with Gasteiger partial charge in [0, 0.05) is 17.3 Å². The van der Waals surface area contributed by atoms with E-state index in [1.807, 2.05) is 18.2 Å². The number of carbonyl (C=O) groups is 2. The first-order valence-corrected chi connectivity index (χ1v) is 7.91. The maximum absolute atomic E-state index is 11.7. The van der Waals surface area contributed by atoms with Gasteiger partial charge in [-0.25, -0.2) is 0 Å². The molecule has 0 aliphatic rings. The average molecular weight is 331 g/mol. The molecule has 2 N–H and O–H groups in total. The summed E-state index contributed by atoms with van der Waals surface area (Å²) in [7, 11) is 0. The average Bonchev–Trinajstić information content (AvgIpc) is 2.57. The van der Waals surface area contributed by atoms with Crippen LogP contribution in [-0.4, -0.2) is 18.4 Å². The minimum Gasteiger partial charge on any atom is -0.348 e. The van der Waals surface area contributed by atoms with Crippen LogP contribution in [-0.2, 0) is 16.0 Å². The van der Waals surface area contributed by atoms with Crippen LogP contribution in [0, 0.1) is 0 Å². The summed E-state index contributed by atoms with van der Waals surface area (Å²) in [6.07, 6.45) is 2.76. The number of rotatable bonds is 6. The highest BCUT2D eigenvalue weighted by Gasteiger charge is 2.12. The van der Waals surface area contributed by atoms with Crippen molar-refractivity contribution in [2.24, 2.45) is 0 Å². The molecule has 0 aliphatic carbocycles. The molecule has 5 heteroatoms. The summed E-state index contributed by atoms with van der Waals surface area (Å²) in [5, 5.41) is 5.72. The molecule has 0 saturated carbocycles. The largest absolute Gasteiger partial charge is 0.348 e. The van der Waals surface area contributed by atoms with Crippen LogP contribution in [0.1, 0.15) is 18.4 Å². The second-order valence-electron chi connectivity index (χ2n) is 5.16. The Morgan fingerprint density at radius 3 is 2.26 bits per heavy atom. The van der Waals surface area contributed by atoms with E-state index in [1.165, 1.54) is 5.56 Å². The number of anilines is 1. The summed E-state index contributed by atoms with van der Waals surface area (Å²) < 4.78 is 0. The van der Waals surface area contributed by atoms with E-state index >= 15 is 0 Å². The van der Waals surface area contributed by atoms with Crippen molar-refractivity contribution in [3.05, 3.63) is 65.2 Å². The highest BCUT2D eigenvalue weighted by Crippen LogP contribution is 2.13. The van der Waals surface area contributed by atoms with E-state index in [9.17, 15) is 9.59 Å². The summed E-state index contributed by atoms with van der Waals surface area (Å²) in [4.78, 5) is 23.4. The van der Waals surface area contributed by atoms with E-state index in [0.717, 1.165) is 19.3 Å². The van der Waals surface area contributed by atoms with Gasteiger partial charge < -0.3 is 10.6 Å². The first-order valence-electron chi connectivity index (χ1n) is 7.54. The SMILES string of the molecule is O=C(NCCCCc1ccccc1)C(=O)Nc1ccc(Cl)cc1. The molecule has 2 rings (SSSR count). The van der Waals surface area contributed by atoms with Gasteiger partial charge >= 0.3 is 11.8 Å². The van der Waals surface area contributed by atoms with E-state index in [1.54, 1.807) is 24.3 Å². The molecule has 0 spiro atoms. The van der Waals surface area contributed by atoms with Crippen LogP contribution in [0.3, 0.4) is 0 Å². The lowest BCUT2D eigenvalue weighted by atomic mass is 10.1.